The van der Waals surface area contributed by atoms with E-state index in [0.29, 0.717) is 60.9 Å². The highest BCUT2D eigenvalue weighted by Gasteiger charge is 2.17. The van der Waals surface area contributed by atoms with Crippen molar-refractivity contribution in [1.82, 2.24) is 29.6 Å². The predicted octanol–water partition coefficient (Wildman–Crippen LogP) is 2.08. The zero-order valence-electron chi connectivity index (χ0n) is 16.5. The summed E-state index contributed by atoms with van der Waals surface area (Å²) in [5.41, 5.74) is 1.27. The molecular weight excluding hydrogens is 427 g/mol. The number of halogens is 2. The van der Waals surface area contributed by atoms with E-state index < -0.39 is 5.82 Å². The number of nitrogens with one attached hydrogen (secondary N) is 2. The summed E-state index contributed by atoms with van der Waals surface area (Å²) in [6.07, 6.45) is 7.42. The van der Waals surface area contributed by atoms with E-state index in [1.807, 2.05) is 0 Å². The van der Waals surface area contributed by atoms with Gasteiger partial charge in [-0.2, -0.15) is 10.1 Å². The number of pyridine rings is 1. The summed E-state index contributed by atoms with van der Waals surface area (Å²) >= 11 is 6.16. The Morgan fingerprint density at radius 3 is 2.87 bits per heavy atom. The van der Waals surface area contributed by atoms with Crippen LogP contribution in [0.15, 0.2) is 37.1 Å². The summed E-state index contributed by atoms with van der Waals surface area (Å²) in [6, 6.07) is 1.38. The third kappa shape index (κ3) is 5.64. The minimum absolute atomic E-state index is 0.0148. The summed E-state index contributed by atoms with van der Waals surface area (Å²) in [5.74, 6) is 0.250. The molecule has 12 heteroatoms. The first-order chi connectivity index (χ1) is 15.1. The highest BCUT2D eigenvalue weighted by Crippen LogP contribution is 2.22. The van der Waals surface area contributed by atoms with Gasteiger partial charge < -0.3 is 20.3 Å². The molecule has 0 aromatic carbocycles. The number of carbonyl (C=O) groups is 1. The number of carbonyl (C=O) groups excluding carboxylic acids is 1. The van der Waals surface area contributed by atoms with Crippen LogP contribution in [0.2, 0.25) is 5.02 Å². The van der Waals surface area contributed by atoms with Crippen molar-refractivity contribution in [1.29, 1.82) is 0 Å². The van der Waals surface area contributed by atoms with Gasteiger partial charge in [-0.1, -0.05) is 11.6 Å². The van der Waals surface area contributed by atoms with Crippen LogP contribution in [-0.2, 0) is 22.6 Å². The molecule has 0 aliphatic carbocycles. The second-order valence-electron chi connectivity index (χ2n) is 6.80. The van der Waals surface area contributed by atoms with Gasteiger partial charge in [0.15, 0.2) is 5.82 Å². The molecule has 0 radical (unpaired) electrons. The zero-order valence-corrected chi connectivity index (χ0v) is 17.2. The molecular formula is C19H20ClFN8O2. The van der Waals surface area contributed by atoms with Gasteiger partial charge >= 0.3 is 0 Å². The molecule has 1 fully saturated rings. The Hall–Kier alpha value is -3.31. The van der Waals surface area contributed by atoms with Gasteiger partial charge in [0.05, 0.1) is 37.5 Å². The van der Waals surface area contributed by atoms with Gasteiger partial charge in [0, 0.05) is 32.0 Å². The van der Waals surface area contributed by atoms with Gasteiger partial charge in [-0.25, -0.2) is 9.37 Å². The van der Waals surface area contributed by atoms with Crippen molar-refractivity contribution >= 4 is 35.0 Å². The maximum Gasteiger partial charge on any atom is 0.244 e. The Labute approximate surface area is 182 Å². The topological polar surface area (TPSA) is 110 Å². The van der Waals surface area contributed by atoms with Crippen LogP contribution in [0.4, 0.5) is 21.8 Å². The zero-order chi connectivity index (χ0) is 21.6. The van der Waals surface area contributed by atoms with Gasteiger partial charge in [0.25, 0.3) is 0 Å². The highest BCUT2D eigenvalue weighted by molar-refractivity contribution is 6.32. The van der Waals surface area contributed by atoms with Crippen molar-refractivity contribution in [3.8, 4) is 0 Å². The lowest BCUT2D eigenvalue weighted by Gasteiger charge is -2.26. The second kappa shape index (κ2) is 9.67. The van der Waals surface area contributed by atoms with Gasteiger partial charge in [-0.05, 0) is 11.6 Å². The fraction of sp³-hybridized carbons (Fsp3) is 0.316. The van der Waals surface area contributed by atoms with Crippen molar-refractivity contribution in [2.45, 2.75) is 13.1 Å². The molecule has 1 amide bonds. The van der Waals surface area contributed by atoms with E-state index in [-0.39, 0.29) is 12.5 Å². The van der Waals surface area contributed by atoms with E-state index in [4.69, 9.17) is 16.3 Å². The van der Waals surface area contributed by atoms with Crippen molar-refractivity contribution in [2.24, 2.45) is 0 Å². The number of hydrogen-bond acceptors (Lipinski definition) is 8. The summed E-state index contributed by atoms with van der Waals surface area (Å²) in [6.45, 7) is 2.71. The lowest BCUT2D eigenvalue weighted by molar-refractivity contribution is -0.136. The first-order valence-electron chi connectivity index (χ1n) is 9.57. The average molecular weight is 447 g/mol. The van der Waals surface area contributed by atoms with Crippen molar-refractivity contribution in [3.63, 3.8) is 0 Å². The standard InChI is InChI=1S/C19H20ClFN8O2/c20-16-10-24-19(27-18(16)23-7-13-5-14(21)8-22-6-13)26-15-9-25-29(11-15)12-17(30)28-1-3-31-4-2-28/h5-6,8-11H,1-4,7,12H2,(H2,23,24,26,27). The van der Waals surface area contributed by atoms with E-state index in [2.05, 4.69) is 30.7 Å². The SMILES string of the molecule is O=C(Cn1cc(Nc2ncc(Cl)c(NCc3cncc(F)c3)n2)cn1)N1CCOCC1. The lowest BCUT2D eigenvalue weighted by atomic mass is 10.3. The van der Waals surface area contributed by atoms with Crippen LogP contribution in [0.25, 0.3) is 0 Å². The summed E-state index contributed by atoms with van der Waals surface area (Å²) in [5, 5.41) is 10.6. The summed E-state index contributed by atoms with van der Waals surface area (Å²) < 4.78 is 20.1. The Morgan fingerprint density at radius 1 is 1.23 bits per heavy atom. The molecule has 0 saturated carbocycles. The van der Waals surface area contributed by atoms with E-state index in [1.165, 1.54) is 12.3 Å². The molecule has 31 heavy (non-hydrogen) atoms. The third-order valence-corrected chi connectivity index (χ3v) is 4.79. The van der Waals surface area contributed by atoms with Crippen molar-refractivity contribution < 1.29 is 13.9 Å². The Kier molecular flexibility index (Phi) is 6.53. The van der Waals surface area contributed by atoms with Crippen LogP contribution >= 0.6 is 11.6 Å². The molecule has 2 N–H and O–H groups in total. The smallest absolute Gasteiger partial charge is 0.244 e. The Morgan fingerprint density at radius 2 is 2.06 bits per heavy atom. The molecule has 1 aliphatic rings. The molecule has 4 rings (SSSR count). The molecule has 3 aromatic rings. The molecule has 3 aromatic heterocycles. The lowest BCUT2D eigenvalue weighted by Crippen LogP contribution is -2.42. The highest BCUT2D eigenvalue weighted by atomic mass is 35.5. The van der Waals surface area contributed by atoms with E-state index >= 15 is 0 Å². The quantitative estimate of drug-likeness (QED) is 0.567. The third-order valence-electron chi connectivity index (χ3n) is 4.52. The number of nitrogens with zero attached hydrogens (tertiary/aromatic N) is 6. The minimum atomic E-state index is -0.417. The fourth-order valence-corrected chi connectivity index (χ4v) is 3.14. The van der Waals surface area contributed by atoms with Crippen LogP contribution in [0.5, 0.6) is 0 Å². The van der Waals surface area contributed by atoms with E-state index in [1.54, 1.807) is 28.2 Å². The van der Waals surface area contributed by atoms with Gasteiger partial charge in [0.1, 0.15) is 17.4 Å². The first-order valence-corrected chi connectivity index (χ1v) is 9.95. The second-order valence-corrected chi connectivity index (χ2v) is 7.21. The monoisotopic (exact) mass is 446 g/mol. The molecule has 4 heterocycles. The Balaban J connectivity index is 1.37. The molecule has 10 nitrogen and oxygen atoms in total. The van der Waals surface area contributed by atoms with Crippen molar-refractivity contribution in [2.75, 3.05) is 36.9 Å². The molecule has 0 atom stereocenters. The first kappa shape index (κ1) is 20.9. The number of hydrogen-bond donors (Lipinski definition) is 2. The average Bonchev–Trinajstić information content (AvgIpc) is 3.21. The molecule has 0 unspecified atom stereocenters. The largest absolute Gasteiger partial charge is 0.378 e. The predicted molar refractivity (Wildman–Crippen MR) is 111 cm³/mol. The van der Waals surface area contributed by atoms with Crippen molar-refractivity contribution in [3.05, 3.63) is 53.5 Å². The van der Waals surface area contributed by atoms with Gasteiger partial charge in [-0.3, -0.25) is 14.5 Å². The molecule has 0 spiro atoms. The molecule has 162 valence electrons. The molecule has 0 bridgehead atoms. The number of morpholine rings is 1. The number of amides is 1. The van der Waals surface area contributed by atoms with Gasteiger partial charge in [-0.15, -0.1) is 0 Å². The normalized spacial score (nSPS) is 13.8. The molecule has 1 saturated heterocycles. The summed E-state index contributed by atoms with van der Waals surface area (Å²) in [4.78, 5) is 26.4. The number of ether oxygens (including phenoxy) is 1. The van der Waals surface area contributed by atoms with Gasteiger partial charge in [0.2, 0.25) is 11.9 Å². The number of anilines is 3. The summed E-state index contributed by atoms with van der Waals surface area (Å²) in [7, 11) is 0. The fourth-order valence-electron chi connectivity index (χ4n) is 2.98. The maximum absolute atomic E-state index is 13.3. The van der Waals surface area contributed by atoms with Crippen LogP contribution in [0.3, 0.4) is 0 Å². The Bertz CT molecular complexity index is 1060. The van der Waals surface area contributed by atoms with Crippen LogP contribution in [-0.4, -0.2) is 61.8 Å². The van der Waals surface area contributed by atoms with Crippen LogP contribution in [0.1, 0.15) is 5.56 Å². The molecule has 1 aliphatic heterocycles. The van der Waals surface area contributed by atoms with E-state index in [9.17, 15) is 9.18 Å². The van der Waals surface area contributed by atoms with Crippen LogP contribution < -0.4 is 10.6 Å². The maximum atomic E-state index is 13.3. The van der Waals surface area contributed by atoms with Crippen LogP contribution in [0, 0.1) is 5.82 Å². The minimum Gasteiger partial charge on any atom is -0.378 e. The van der Waals surface area contributed by atoms with E-state index in [0.717, 1.165) is 6.20 Å². The number of aromatic nitrogens is 5. The number of rotatable bonds is 7.